The van der Waals surface area contributed by atoms with E-state index in [1.807, 2.05) is 88.4 Å². The Bertz CT molecular complexity index is 1000. The highest BCUT2D eigenvalue weighted by atomic mass is 35.5. The fraction of sp³-hybridized carbons (Fsp3) is 0.250. The Labute approximate surface area is 182 Å². The van der Waals surface area contributed by atoms with Gasteiger partial charge in [-0.1, -0.05) is 35.9 Å². The maximum atomic E-state index is 6.32. The van der Waals surface area contributed by atoms with Crippen molar-refractivity contribution in [2.75, 3.05) is 0 Å². The second kappa shape index (κ2) is 7.99. The quantitative estimate of drug-likeness (QED) is 0.457. The van der Waals surface area contributed by atoms with Crippen molar-refractivity contribution in [2.45, 2.75) is 38.9 Å². The average Bonchev–Trinajstić information content (AvgIpc) is 2.91. The number of ether oxygens (including phenoxy) is 2. The molecule has 4 nitrogen and oxygen atoms in total. The zero-order chi connectivity index (χ0) is 21.4. The predicted octanol–water partition coefficient (Wildman–Crippen LogP) is 6.22. The van der Waals surface area contributed by atoms with Gasteiger partial charge in [-0.15, -0.1) is 0 Å². The summed E-state index contributed by atoms with van der Waals surface area (Å²) in [5.41, 5.74) is -0.278. The van der Waals surface area contributed by atoms with Crippen LogP contribution in [0.4, 0.5) is 0 Å². The molecule has 1 heterocycles. The molecule has 4 rings (SSSR count). The van der Waals surface area contributed by atoms with Crippen LogP contribution in [0.25, 0.3) is 0 Å². The van der Waals surface area contributed by atoms with Crippen molar-refractivity contribution >= 4 is 24.2 Å². The van der Waals surface area contributed by atoms with E-state index < -0.39 is 18.3 Å². The first kappa shape index (κ1) is 20.8. The molecule has 0 atom stereocenters. The Kier molecular flexibility index (Phi) is 5.54. The van der Waals surface area contributed by atoms with Gasteiger partial charge in [-0.3, -0.25) is 0 Å². The topological polar surface area (TPSA) is 36.9 Å². The number of hydrogen-bond acceptors (Lipinski definition) is 4. The third kappa shape index (κ3) is 4.19. The first-order valence-corrected chi connectivity index (χ1v) is 10.3. The van der Waals surface area contributed by atoms with Crippen LogP contribution in [0.3, 0.4) is 0 Å². The van der Waals surface area contributed by atoms with E-state index in [1.165, 1.54) is 0 Å². The molecule has 0 N–H and O–H groups in total. The van der Waals surface area contributed by atoms with E-state index in [4.69, 9.17) is 30.4 Å². The van der Waals surface area contributed by atoms with Crippen LogP contribution >= 0.6 is 11.6 Å². The summed E-state index contributed by atoms with van der Waals surface area (Å²) >= 11 is 6.01. The van der Waals surface area contributed by atoms with Crippen molar-refractivity contribution in [3.05, 3.63) is 77.8 Å². The van der Waals surface area contributed by atoms with Crippen LogP contribution in [0.15, 0.2) is 72.8 Å². The molecule has 0 aromatic heterocycles. The summed E-state index contributed by atoms with van der Waals surface area (Å²) < 4.78 is 25.0. The minimum atomic E-state index is -0.641. The first-order valence-electron chi connectivity index (χ1n) is 9.90. The van der Waals surface area contributed by atoms with E-state index in [9.17, 15) is 0 Å². The summed E-state index contributed by atoms with van der Waals surface area (Å²) in [4.78, 5) is 0. The van der Waals surface area contributed by atoms with Crippen LogP contribution in [-0.4, -0.2) is 18.3 Å². The van der Waals surface area contributed by atoms with Crippen LogP contribution in [0.1, 0.15) is 27.7 Å². The third-order valence-electron chi connectivity index (χ3n) is 5.53. The number of hydrogen-bond donors (Lipinski definition) is 0. The Morgan fingerprint density at radius 1 is 0.667 bits per heavy atom. The van der Waals surface area contributed by atoms with Gasteiger partial charge in [0, 0.05) is 5.02 Å². The molecular weight excluding hydrogens is 399 g/mol. The second-order valence-electron chi connectivity index (χ2n) is 8.23. The highest BCUT2D eigenvalue weighted by Gasteiger charge is 2.53. The third-order valence-corrected chi connectivity index (χ3v) is 5.78. The standard InChI is InChI=1S/C24H24BClO4/c1-23(2)24(3,4)30-25(29-23)22-20(27-18-9-6-5-7-10-18)11-8-12-21(22)28-19-15-13-17(26)14-16-19/h5-16H,1-4H3. The smallest absolute Gasteiger partial charge is 0.458 e. The van der Waals surface area contributed by atoms with Crippen molar-refractivity contribution in [3.8, 4) is 23.0 Å². The molecule has 0 amide bonds. The molecule has 154 valence electrons. The molecule has 1 aliphatic rings. The maximum absolute atomic E-state index is 6.32. The number of rotatable bonds is 5. The molecule has 6 heteroatoms. The molecule has 0 radical (unpaired) electrons. The van der Waals surface area contributed by atoms with E-state index in [-0.39, 0.29) is 0 Å². The van der Waals surface area contributed by atoms with Gasteiger partial charge in [0.05, 0.1) is 16.7 Å². The van der Waals surface area contributed by atoms with Gasteiger partial charge in [-0.25, -0.2) is 0 Å². The lowest BCUT2D eigenvalue weighted by molar-refractivity contribution is 0.00578. The van der Waals surface area contributed by atoms with Gasteiger partial charge < -0.3 is 18.8 Å². The minimum absolute atomic E-state index is 0.491. The molecule has 1 aliphatic heterocycles. The Morgan fingerprint density at radius 2 is 1.17 bits per heavy atom. The Morgan fingerprint density at radius 3 is 1.70 bits per heavy atom. The fourth-order valence-corrected chi connectivity index (χ4v) is 3.27. The van der Waals surface area contributed by atoms with E-state index in [0.29, 0.717) is 27.7 Å². The second-order valence-corrected chi connectivity index (χ2v) is 8.66. The van der Waals surface area contributed by atoms with Crippen LogP contribution in [0, 0.1) is 0 Å². The van der Waals surface area contributed by atoms with Gasteiger partial charge in [-0.2, -0.15) is 0 Å². The molecule has 0 spiro atoms. The minimum Gasteiger partial charge on any atom is -0.458 e. The molecule has 3 aromatic carbocycles. The van der Waals surface area contributed by atoms with Gasteiger partial charge in [0.2, 0.25) is 0 Å². The number of para-hydroxylation sites is 1. The Balaban J connectivity index is 1.76. The maximum Gasteiger partial charge on any atom is 0.502 e. The molecular formula is C24H24BClO4. The highest BCUT2D eigenvalue weighted by molar-refractivity contribution is 6.64. The van der Waals surface area contributed by atoms with Crippen LogP contribution in [-0.2, 0) is 9.31 Å². The summed E-state index contributed by atoms with van der Waals surface area (Å²) in [5.74, 6) is 2.60. The molecule has 0 saturated carbocycles. The molecule has 0 bridgehead atoms. The number of benzene rings is 3. The molecule has 1 saturated heterocycles. The van der Waals surface area contributed by atoms with Crippen molar-refractivity contribution < 1.29 is 18.8 Å². The van der Waals surface area contributed by atoms with Crippen LogP contribution in [0.2, 0.25) is 5.02 Å². The molecule has 0 aliphatic carbocycles. The van der Waals surface area contributed by atoms with Crippen molar-refractivity contribution in [2.24, 2.45) is 0 Å². The lowest BCUT2D eigenvalue weighted by Gasteiger charge is -2.32. The number of halogens is 1. The summed E-state index contributed by atoms with van der Waals surface area (Å²) in [7, 11) is -0.641. The summed E-state index contributed by atoms with van der Waals surface area (Å²) in [6.07, 6.45) is 0. The lowest BCUT2D eigenvalue weighted by Crippen LogP contribution is -2.41. The monoisotopic (exact) mass is 422 g/mol. The van der Waals surface area contributed by atoms with Crippen LogP contribution in [0.5, 0.6) is 23.0 Å². The zero-order valence-electron chi connectivity index (χ0n) is 17.5. The van der Waals surface area contributed by atoms with Crippen LogP contribution < -0.4 is 14.9 Å². The van der Waals surface area contributed by atoms with Gasteiger partial charge >= 0.3 is 7.12 Å². The van der Waals surface area contributed by atoms with E-state index in [0.717, 1.165) is 5.75 Å². The van der Waals surface area contributed by atoms with Gasteiger partial charge in [0.25, 0.3) is 0 Å². The van der Waals surface area contributed by atoms with Crippen molar-refractivity contribution in [1.82, 2.24) is 0 Å². The highest BCUT2D eigenvalue weighted by Crippen LogP contribution is 2.39. The zero-order valence-corrected chi connectivity index (χ0v) is 18.3. The summed E-state index contributed by atoms with van der Waals surface area (Å²) in [6, 6.07) is 22.5. The van der Waals surface area contributed by atoms with Crippen molar-refractivity contribution in [1.29, 1.82) is 0 Å². The SMILES string of the molecule is CC1(C)OB(c2c(Oc3ccccc3)cccc2Oc2ccc(Cl)cc2)OC1(C)C. The average molecular weight is 423 g/mol. The predicted molar refractivity (Wildman–Crippen MR) is 120 cm³/mol. The fourth-order valence-electron chi connectivity index (χ4n) is 3.14. The molecule has 30 heavy (non-hydrogen) atoms. The summed E-state index contributed by atoms with van der Waals surface area (Å²) in [5, 5.41) is 0.648. The first-order chi connectivity index (χ1) is 14.2. The lowest BCUT2D eigenvalue weighted by atomic mass is 9.77. The molecule has 1 fully saturated rings. The normalized spacial score (nSPS) is 17.0. The van der Waals surface area contributed by atoms with Crippen molar-refractivity contribution in [3.63, 3.8) is 0 Å². The Hall–Kier alpha value is -2.47. The van der Waals surface area contributed by atoms with Gasteiger partial charge in [0.1, 0.15) is 23.0 Å². The summed E-state index contributed by atoms with van der Waals surface area (Å²) in [6.45, 7) is 8.08. The van der Waals surface area contributed by atoms with Gasteiger partial charge in [0.15, 0.2) is 0 Å². The molecule has 0 unspecified atom stereocenters. The van der Waals surface area contributed by atoms with Gasteiger partial charge in [-0.05, 0) is 76.2 Å². The molecule has 3 aromatic rings. The van der Waals surface area contributed by atoms with E-state index in [1.54, 1.807) is 12.1 Å². The van der Waals surface area contributed by atoms with E-state index >= 15 is 0 Å². The largest absolute Gasteiger partial charge is 0.502 e. The van der Waals surface area contributed by atoms with E-state index in [2.05, 4.69) is 0 Å².